The largest absolute Gasteiger partial charge is 0.342 e. The standard InChI is InChI=1S/C26H19ClFN5O2.ClH/c1-15(25(34)17-3-2-4-20(27)9-17)32-26(35)21-7-5-16(10-22(21)28)23-13-29-24-8-6-18(14-33(23)24)19-11-30-31-12-19;/h2-15H,1H3,(H,30,31)(H,32,35);1H/t15-;/m1./s1. The number of aromatic amines is 1. The molecule has 36 heavy (non-hydrogen) atoms. The number of H-pyrrole nitrogens is 1. The number of nitrogens with one attached hydrogen (secondary N) is 2. The number of rotatable bonds is 6. The predicted molar refractivity (Wildman–Crippen MR) is 138 cm³/mol. The number of ketones is 1. The Morgan fingerprint density at radius 3 is 2.58 bits per heavy atom. The maximum absolute atomic E-state index is 15.0. The van der Waals surface area contributed by atoms with E-state index >= 15 is 4.39 Å². The number of halogens is 3. The lowest BCUT2D eigenvalue weighted by atomic mass is 10.0. The molecule has 0 bridgehead atoms. The fourth-order valence-electron chi connectivity index (χ4n) is 3.86. The van der Waals surface area contributed by atoms with Crippen molar-refractivity contribution in [2.75, 3.05) is 0 Å². The van der Waals surface area contributed by atoms with Crippen molar-refractivity contribution >= 4 is 41.3 Å². The van der Waals surface area contributed by atoms with Crippen LogP contribution in [0.4, 0.5) is 4.39 Å². The van der Waals surface area contributed by atoms with E-state index in [4.69, 9.17) is 11.6 Å². The molecule has 0 unspecified atom stereocenters. The predicted octanol–water partition coefficient (Wildman–Crippen LogP) is 5.61. The van der Waals surface area contributed by atoms with E-state index in [1.165, 1.54) is 18.2 Å². The minimum Gasteiger partial charge on any atom is -0.342 e. The first kappa shape index (κ1) is 25.1. The number of nitrogens with zero attached hydrogens (tertiary/aromatic N) is 3. The van der Waals surface area contributed by atoms with Crippen LogP contribution in [0.2, 0.25) is 5.02 Å². The molecule has 3 heterocycles. The molecular formula is C26H20Cl2FN5O2. The summed E-state index contributed by atoms with van der Waals surface area (Å²) in [6.07, 6.45) is 7.03. The highest BCUT2D eigenvalue weighted by Gasteiger charge is 2.21. The summed E-state index contributed by atoms with van der Waals surface area (Å²) < 4.78 is 16.9. The highest BCUT2D eigenvalue weighted by Crippen LogP contribution is 2.26. The number of fused-ring (bicyclic) bond motifs is 1. The van der Waals surface area contributed by atoms with Crippen molar-refractivity contribution in [3.8, 4) is 22.4 Å². The number of hydrogen-bond donors (Lipinski definition) is 2. The van der Waals surface area contributed by atoms with Crippen LogP contribution in [0.15, 0.2) is 79.4 Å². The summed E-state index contributed by atoms with van der Waals surface area (Å²) in [6, 6.07) is 13.7. The van der Waals surface area contributed by atoms with Gasteiger partial charge in [0.05, 0.1) is 29.7 Å². The Hall–Kier alpha value is -4.01. The number of aromatic nitrogens is 4. The number of hydrogen-bond acceptors (Lipinski definition) is 4. The molecule has 1 atom stereocenters. The van der Waals surface area contributed by atoms with Gasteiger partial charge >= 0.3 is 0 Å². The average molecular weight is 524 g/mol. The first-order valence-corrected chi connectivity index (χ1v) is 11.2. The highest BCUT2D eigenvalue weighted by molar-refractivity contribution is 6.31. The van der Waals surface area contributed by atoms with Gasteiger partial charge in [0, 0.05) is 39.7 Å². The topological polar surface area (TPSA) is 92.2 Å². The third kappa shape index (κ3) is 4.86. The number of carbonyl (C=O) groups excluding carboxylic acids is 2. The van der Waals surface area contributed by atoms with Crippen molar-refractivity contribution in [3.05, 3.63) is 101 Å². The Labute approximate surface area is 216 Å². The molecule has 2 aromatic carbocycles. The van der Waals surface area contributed by atoms with Gasteiger partial charge in [0.1, 0.15) is 11.5 Å². The lowest BCUT2D eigenvalue weighted by Gasteiger charge is -2.14. The zero-order valence-electron chi connectivity index (χ0n) is 18.9. The van der Waals surface area contributed by atoms with Crippen LogP contribution >= 0.6 is 24.0 Å². The van der Waals surface area contributed by atoms with Gasteiger partial charge in [-0.3, -0.25) is 19.1 Å². The van der Waals surface area contributed by atoms with Crippen LogP contribution in [0.3, 0.4) is 0 Å². The van der Waals surface area contributed by atoms with E-state index in [0.717, 1.165) is 11.1 Å². The van der Waals surface area contributed by atoms with Gasteiger partial charge in [0.2, 0.25) is 0 Å². The monoisotopic (exact) mass is 523 g/mol. The first-order chi connectivity index (χ1) is 16.9. The molecule has 0 saturated heterocycles. The van der Waals surface area contributed by atoms with Crippen molar-refractivity contribution < 1.29 is 14.0 Å². The van der Waals surface area contributed by atoms with Gasteiger partial charge in [-0.1, -0.05) is 29.8 Å². The van der Waals surface area contributed by atoms with E-state index in [0.29, 0.717) is 27.5 Å². The van der Waals surface area contributed by atoms with Crippen LogP contribution in [0, 0.1) is 5.82 Å². The minimum absolute atomic E-state index is 0. The van der Waals surface area contributed by atoms with E-state index in [1.807, 2.05) is 22.7 Å². The van der Waals surface area contributed by atoms with Crippen LogP contribution < -0.4 is 5.32 Å². The van der Waals surface area contributed by atoms with E-state index in [9.17, 15) is 9.59 Å². The summed E-state index contributed by atoms with van der Waals surface area (Å²) in [5.41, 5.74) is 3.95. The van der Waals surface area contributed by atoms with Crippen LogP contribution in [0.5, 0.6) is 0 Å². The van der Waals surface area contributed by atoms with Crippen LogP contribution in [-0.2, 0) is 0 Å². The van der Waals surface area contributed by atoms with Crippen molar-refractivity contribution in [1.29, 1.82) is 0 Å². The molecule has 2 N–H and O–H groups in total. The second kappa shape index (κ2) is 10.3. The molecule has 0 radical (unpaired) electrons. The third-order valence-corrected chi connectivity index (χ3v) is 5.93. The number of Topliss-reactive ketones (excluding diaryl/α,β-unsaturated/α-hetero) is 1. The van der Waals surface area contributed by atoms with Crippen LogP contribution in [0.1, 0.15) is 27.6 Å². The molecule has 0 aliphatic heterocycles. The molecule has 5 rings (SSSR count). The molecular weight excluding hydrogens is 504 g/mol. The molecule has 7 nitrogen and oxygen atoms in total. The van der Waals surface area contributed by atoms with E-state index in [-0.39, 0.29) is 23.8 Å². The summed E-state index contributed by atoms with van der Waals surface area (Å²) in [7, 11) is 0. The van der Waals surface area contributed by atoms with Gasteiger partial charge in [-0.2, -0.15) is 5.10 Å². The quantitative estimate of drug-likeness (QED) is 0.283. The molecule has 0 fully saturated rings. The number of imidazole rings is 1. The summed E-state index contributed by atoms with van der Waals surface area (Å²) in [5, 5.41) is 9.74. The van der Waals surface area contributed by atoms with E-state index < -0.39 is 17.8 Å². The van der Waals surface area contributed by atoms with Gasteiger partial charge in [-0.05, 0) is 43.3 Å². The van der Waals surface area contributed by atoms with E-state index in [2.05, 4.69) is 20.5 Å². The lowest BCUT2D eigenvalue weighted by molar-refractivity contribution is 0.0863. The molecule has 5 aromatic rings. The van der Waals surface area contributed by atoms with E-state index in [1.54, 1.807) is 49.8 Å². The molecule has 182 valence electrons. The molecule has 0 spiro atoms. The number of benzene rings is 2. The van der Waals surface area contributed by atoms with Crippen molar-refractivity contribution in [1.82, 2.24) is 24.9 Å². The Morgan fingerprint density at radius 2 is 1.86 bits per heavy atom. The maximum Gasteiger partial charge on any atom is 0.254 e. The fourth-order valence-corrected chi connectivity index (χ4v) is 4.05. The number of pyridine rings is 1. The lowest BCUT2D eigenvalue weighted by Crippen LogP contribution is -2.38. The first-order valence-electron chi connectivity index (χ1n) is 10.8. The molecule has 0 aliphatic rings. The maximum atomic E-state index is 15.0. The number of amides is 1. The zero-order chi connectivity index (χ0) is 24.5. The third-order valence-electron chi connectivity index (χ3n) is 5.70. The summed E-state index contributed by atoms with van der Waals surface area (Å²) in [6.45, 7) is 1.55. The molecule has 0 saturated carbocycles. The SMILES string of the molecule is C[C@@H](NC(=O)c1ccc(-c2cnc3ccc(-c4cn[nH]c4)cn23)cc1F)C(=O)c1cccc(Cl)c1.Cl. The summed E-state index contributed by atoms with van der Waals surface area (Å²) in [4.78, 5) is 29.7. The van der Waals surface area contributed by atoms with Crippen molar-refractivity contribution in [3.63, 3.8) is 0 Å². The van der Waals surface area contributed by atoms with Crippen LogP contribution in [0.25, 0.3) is 28.0 Å². The van der Waals surface area contributed by atoms with Gasteiger partial charge in [-0.25, -0.2) is 9.37 Å². The van der Waals surface area contributed by atoms with Gasteiger partial charge < -0.3 is 5.32 Å². The van der Waals surface area contributed by atoms with Gasteiger partial charge in [0.25, 0.3) is 5.91 Å². The Bertz CT molecular complexity index is 1570. The second-order valence-electron chi connectivity index (χ2n) is 8.04. The summed E-state index contributed by atoms with van der Waals surface area (Å²) >= 11 is 5.94. The molecule has 10 heteroatoms. The summed E-state index contributed by atoms with van der Waals surface area (Å²) in [5.74, 6) is -1.71. The Kier molecular flexibility index (Phi) is 7.19. The normalized spacial score (nSPS) is 11.6. The molecule has 3 aromatic heterocycles. The Balaban J connectivity index is 0.00000304. The molecule has 1 amide bonds. The fraction of sp³-hybridized carbons (Fsp3) is 0.0769. The van der Waals surface area contributed by atoms with Crippen molar-refractivity contribution in [2.45, 2.75) is 13.0 Å². The Morgan fingerprint density at radius 1 is 1.06 bits per heavy atom. The van der Waals surface area contributed by atoms with Gasteiger partial charge in [0.15, 0.2) is 5.78 Å². The van der Waals surface area contributed by atoms with Gasteiger partial charge in [-0.15, -0.1) is 12.4 Å². The minimum atomic E-state index is -0.861. The highest BCUT2D eigenvalue weighted by atomic mass is 35.5. The second-order valence-corrected chi connectivity index (χ2v) is 8.48. The average Bonchev–Trinajstić information content (AvgIpc) is 3.53. The van der Waals surface area contributed by atoms with Crippen molar-refractivity contribution in [2.24, 2.45) is 0 Å². The number of carbonyl (C=O) groups is 2. The smallest absolute Gasteiger partial charge is 0.254 e. The van der Waals surface area contributed by atoms with Crippen LogP contribution in [-0.4, -0.2) is 37.3 Å². The zero-order valence-corrected chi connectivity index (χ0v) is 20.5. The molecule has 0 aliphatic carbocycles.